The maximum atomic E-state index is 12.0. The number of nitrogens with one attached hydrogen (secondary N) is 1. The molecule has 1 amide bonds. The van der Waals surface area contributed by atoms with Gasteiger partial charge in [-0.3, -0.25) is 4.79 Å². The highest BCUT2D eigenvalue weighted by atomic mass is 35.5. The maximum Gasteiger partial charge on any atom is 0.224 e. The molecule has 2 rings (SSSR count). The number of hydrogen-bond donors (Lipinski definition) is 1. The molecule has 1 N–H and O–H groups in total. The number of carbonyl (C=O) groups excluding carboxylic acids is 1. The van der Waals surface area contributed by atoms with Gasteiger partial charge in [0.1, 0.15) is 0 Å². The Morgan fingerprint density at radius 1 is 1.25 bits per heavy atom. The predicted molar refractivity (Wildman–Crippen MR) is 83.3 cm³/mol. The number of ether oxygens (including phenoxy) is 1. The van der Waals surface area contributed by atoms with E-state index in [1.807, 2.05) is 18.7 Å². The molecule has 1 heterocycles. The predicted octanol–water partition coefficient (Wildman–Crippen LogP) is 2.21. The zero-order valence-corrected chi connectivity index (χ0v) is 13.6. The van der Waals surface area contributed by atoms with E-state index < -0.39 is 0 Å². The molecule has 1 saturated carbocycles. The van der Waals surface area contributed by atoms with Crippen LogP contribution in [0.3, 0.4) is 0 Å². The fourth-order valence-electron chi connectivity index (χ4n) is 2.53. The van der Waals surface area contributed by atoms with Crippen LogP contribution >= 0.6 is 12.4 Å². The number of carbonyl (C=O) groups is 1. The van der Waals surface area contributed by atoms with E-state index in [1.165, 1.54) is 19.4 Å². The van der Waals surface area contributed by atoms with Gasteiger partial charge in [-0.05, 0) is 52.0 Å². The second kappa shape index (κ2) is 8.85. The third-order valence-electron chi connectivity index (χ3n) is 4.01. The minimum absolute atomic E-state index is 0. The van der Waals surface area contributed by atoms with Crippen molar-refractivity contribution in [3.63, 3.8) is 0 Å². The molecule has 0 spiro atoms. The quantitative estimate of drug-likeness (QED) is 0.784. The maximum absolute atomic E-state index is 12.0. The Morgan fingerprint density at radius 2 is 1.90 bits per heavy atom. The van der Waals surface area contributed by atoms with E-state index in [4.69, 9.17) is 4.74 Å². The van der Waals surface area contributed by atoms with Gasteiger partial charge in [-0.15, -0.1) is 12.4 Å². The second-order valence-corrected chi connectivity index (χ2v) is 6.18. The summed E-state index contributed by atoms with van der Waals surface area (Å²) in [5, 5.41) is 3.64. The average molecular weight is 305 g/mol. The Morgan fingerprint density at radius 3 is 2.45 bits per heavy atom. The molecule has 5 heteroatoms. The minimum atomic E-state index is 0. The molecule has 20 heavy (non-hydrogen) atoms. The SMILES string of the molecule is CC(C)OCCC(=O)N1CCC(NCC2CC2)CC1.Cl. The first-order valence-corrected chi connectivity index (χ1v) is 7.78. The van der Waals surface area contributed by atoms with Gasteiger partial charge in [0, 0.05) is 19.1 Å². The molecular weight excluding hydrogens is 276 g/mol. The zero-order chi connectivity index (χ0) is 13.7. The molecule has 4 nitrogen and oxygen atoms in total. The summed E-state index contributed by atoms with van der Waals surface area (Å²) in [6, 6.07) is 0.622. The topological polar surface area (TPSA) is 41.6 Å². The van der Waals surface area contributed by atoms with Gasteiger partial charge in [0.25, 0.3) is 0 Å². The Bertz CT molecular complexity index is 288. The number of likely N-dealkylation sites (tertiary alicyclic amines) is 1. The summed E-state index contributed by atoms with van der Waals surface area (Å²) in [5.74, 6) is 1.19. The number of nitrogens with zero attached hydrogens (tertiary/aromatic N) is 1. The van der Waals surface area contributed by atoms with Gasteiger partial charge in [-0.1, -0.05) is 0 Å². The van der Waals surface area contributed by atoms with Gasteiger partial charge >= 0.3 is 0 Å². The first-order chi connectivity index (χ1) is 9.15. The fraction of sp³-hybridized carbons (Fsp3) is 0.933. The first kappa shape index (κ1) is 17.7. The van der Waals surface area contributed by atoms with Gasteiger partial charge in [0.2, 0.25) is 5.91 Å². The van der Waals surface area contributed by atoms with Gasteiger partial charge in [0.05, 0.1) is 19.1 Å². The summed E-state index contributed by atoms with van der Waals surface area (Å²) in [6.45, 7) is 7.55. The van der Waals surface area contributed by atoms with Crippen molar-refractivity contribution in [2.45, 2.75) is 58.1 Å². The van der Waals surface area contributed by atoms with Gasteiger partial charge < -0.3 is 15.0 Å². The van der Waals surface area contributed by atoms with Crippen LogP contribution in [0.4, 0.5) is 0 Å². The number of hydrogen-bond acceptors (Lipinski definition) is 3. The first-order valence-electron chi connectivity index (χ1n) is 7.78. The summed E-state index contributed by atoms with van der Waals surface area (Å²) in [4.78, 5) is 14.0. The highest BCUT2D eigenvalue weighted by Gasteiger charge is 2.25. The highest BCUT2D eigenvalue weighted by molar-refractivity contribution is 5.85. The van der Waals surface area contributed by atoms with Crippen LogP contribution in [-0.4, -0.2) is 49.2 Å². The zero-order valence-electron chi connectivity index (χ0n) is 12.8. The van der Waals surface area contributed by atoms with Crippen molar-refractivity contribution in [1.29, 1.82) is 0 Å². The smallest absolute Gasteiger partial charge is 0.224 e. The number of piperidine rings is 1. The van der Waals surface area contributed by atoms with Crippen molar-refractivity contribution >= 4 is 18.3 Å². The lowest BCUT2D eigenvalue weighted by molar-refractivity contribution is -0.133. The Balaban J connectivity index is 0.00000200. The molecule has 1 saturated heterocycles. The molecule has 0 radical (unpaired) electrons. The van der Waals surface area contributed by atoms with E-state index in [0.29, 0.717) is 19.1 Å². The lowest BCUT2D eigenvalue weighted by atomic mass is 10.0. The molecule has 0 aromatic rings. The van der Waals surface area contributed by atoms with Gasteiger partial charge in [-0.2, -0.15) is 0 Å². The standard InChI is InChI=1S/C15H28N2O2.ClH/c1-12(2)19-10-7-15(18)17-8-5-14(6-9-17)16-11-13-3-4-13;/h12-14,16H,3-11H2,1-2H3;1H. The van der Waals surface area contributed by atoms with Crippen molar-refractivity contribution in [3.05, 3.63) is 0 Å². The van der Waals surface area contributed by atoms with E-state index >= 15 is 0 Å². The molecule has 0 atom stereocenters. The molecule has 0 aromatic carbocycles. The van der Waals surface area contributed by atoms with Gasteiger partial charge in [0.15, 0.2) is 0 Å². The van der Waals surface area contributed by atoms with E-state index in [9.17, 15) is 4.79 Å². The summed E-state index contributed by atoms with van der Waals surface area (Å²) >= 11 is 0. The molecule has 0 unspecified atom stereocenters. The summed E-state index contributed by atoms with van der Waals surface area (Å²) < 4.78 is 5.44. The average Bonchev–Trinajstić information content (AvgIpc) is 3.20. The molecule has 2 aliphatic rings. The van der Waals surface area contributed by atoms with Crippen LogP contribution in [-0.2, 0) is 9.53 Å². The van der Waals surface area contributed by atoms with Crippen LogP contribution in [0.1, 0.15) is 46.0 Å². The summed E-state index contributed by atoms with van der Waals surface area (Å²) in [5.41, 5.74) is 0. The molecule has 2 fully saturated rings. The monoisotopic (exact) mass is 304 g/mol. The Hall–Kier alpha value is -0.320. The van der Waals surface area contributed by atoms with Crippen LogP contribution in [0.25, 0.3) is 0 Å². The molecule has 1 aliphatic heterocycles. The molecule has 0 aromatic heterocycles. The normalized spacial score (nSPS) is 20.1. The van der Waals surface area contributed by atoms with Gasteiger partial charge in [-0.25, -0.2) is 0 Å². The van der Waals surface area contributed by atoms with Crippen LogP contribution < -0.4 is 5.32 Å². The van der Waals surface area contributed by atoms with Crippen LogP contribution in [0, 0.1) is 5.92 Å². The number of halogens is 1. The van der Waals surface area contributed by atoms with Crippen molar-refractivity contribution in [1.82, 2.24) is 10.2 Å². The van der Waals surface area contributed by atoms with E-state index in [1.54, 1.807) is 0 Å². The molecule has 118 valence electrons. The number of amides is 1. The van der Waals surface area contributed by atoms with Crippen molar-refractivity contribution < 1.29 is 9.53 Å². The lowest BCUT2D eigenvalue weighted by Gasteiger charge is -2.32. The minimum Gasteiger partial charge on any atom is -0.378 e. The van der Waals surface area contributed by atoms with Crippen molar-refractivity contribution in [2.75, 3.05) is 26.2 Å². The Labute approximate surface area is 129 Å². The lowest BCUT2D eigenvalue weighted by Crippen LogP contribution is -2.45. The van der Waals surface area contributed by atoms with Crippen LogP contribution in [0.2, 0.25) is 0 Å². The second-order valence-electron chi connectivity index (χ2n) is 6.18. The molecule has 0 bridgehead atoms. The molecule has 1 aliphatic carbocycles. The highest BCUT2D eigenvalue weighted by Crippen LogP contribution is 2.28. The third-order valence-corrected chi connectivity index (χ3v) is 4.01. The fourth-order valence-corrected chi connectivity index (χ4v) is 2.53. The van der Waals surface area contributed by atoms with Crippen LogP contribution in [0.5, 0.6) is 0 Å². The largest absolute Gasteiger partial charge is 0.378 e. The van der Waals surface area contributed by atoms with E-state index in [0.717, 1.165) is 31.8 Å². The number of rotatable bonds is 7. The third kappa shape index (κ3) is 6.42. The Kier molecular flexibility index (Phi) is 7.85. The van der Waals surface area contributed by atoms with Crippen LogP contribution in [0.15, 0.2) is 0 Å². The van der Waals surface area contributed by atoms with E-state index in [2.05, 4.69) is 5.32 Å². The molecular formula is C15H29ClN2O2. The van der Waals surface area contributed by atoms with Crippen molar-refractivity contribution in [3.8, 4) is 0 Å². The summed E-state index contributed by atoms with van der Waals surface area (Å²) in [7, 11) is 0. The van der Waals surface area contributed by atoms with Crippen molar-refractivity contribution in [2.24, 2.45) is 5.92 Å². The van der Waals surface area contributed by atoms with E-state index in [-0.39, 0.29) is 24.4 Å². The summed E-state index contributed by atoms with van der Waals surface area (Å²) in [6.07, 6.45) is 5.75.